The molecule has 1 aromatic rings. The monoisotopic (exact) mass is 224 g/mol. The number of aliphatic hydroxyl groups excluding tert-OH is 1. The highest BCUT2D eigenvalue weighted by Crippen LogP contribution is 2.24. The molecule has 0 saturated carbocycles. The van der Waals surface area contributed by atoms with E-state index in [2.05, 4.69) is 4.98 Å². The van der Waals surface area contributed by atoms with Crippen LogP contribution in [0.2, 0.25) is 0 Å². The normalized spacial score (nSPS) is 14.5. The van der Waals surface area contributed by atoms with E-state index in [1.54, 1.807) is 13.3 Å². The van der Waals surface area contributed by atoms with Crippen molar-refractivity contribution in [2.24, 2.45) is 5.73 Å². The lowest BCUT2D eigenvalue weighted by atomic mass is 9.89. The minimum absolute atomic E-state index is 0.0577. The maximum atomic E-state index is 9.04. The van der Waals surface area contributed by atoms with Crippen molar-refractivity contribution in [3.63, 3.8) is 0 Å². The second-order valence-electron chi connectivity index (χ2n) is 3.82. The van der Waals surface area contributed by atoms with Gasteiger partial charge in [0.25, 0.3) is 0 Å². The average molecular weight is 224 g/mol. The molecule has 0 saturated heterocycles. The number of aliphatic hydroxyl groups is 1. The van der Waals surface area contributed by atoms with Gasteiger partial charge in [0.2, 0.25) is 5.88 Å². The molecule has 0 aliphatic rings. The molecule has 0 radical (unpaired) electrons. The van der Waals surface area contributed by atoms with Gasteiger partial charge in [0, 0.05) is 30.8 Å². The molecule has 4 heteroatoms. The van der Waals surface area contributed by atoms with E-state index >= 15 is 0 Å². The van der Waals surface area contributed by atoms with E-state index in [-0.39, 0.29) is 18.6 Å². The summed E-state index contributed by atoms with van der Waals surface area (Å²) in [5.41, 5.74) is 7.10. The second kappa shape index (κ2) is 6.45. The Balaban J connectivity index is 2.83. The molecule has 0 aliphatic carbocycles. The van der Waals surface area contributed by atoms with E-state index in [4.69, 9.17) is 15.6 Å². The first-order chi connectivity index (χ1) is 7.72. The zero-order valence-corrected chi connectivity index (χ0v) is 9.89. The highest BCUT2D eigenvalue weighted by molar-refractivity contribution is 5.22. The lowest BCUT2D eigenvalue weighted by Crippen LogP contribution is -2.28. The van der Waals surface area contributed by atoms with Gasteiger partial charge in [-0.25, -0.2) is 4.98 Å². The van der Waals surface area contributed by atoms with Gasteiger partial charge in [-0.3, -0.25) is 0 Å². The standard InChI is InChI=1S/C12H20N2O2/c1-3-11(13)10(6-7-15)9-4-5-12(16-2)14-8-9/h4-5,8,10-11,15H,3,6-7,13H2,1-2H3. The summed E-state index contributed by atoms with van der Waals surface area (Å²) in [7, 11) is 1.59. The van der Waals surface area contributed by atoms with E-state index in [1.807, 2.05) is 19.1 Å². The molecule has 0 aromatic carbocycles. The summed E-state index contributed by atoms with van der Waals surface area (Å²) in [4.78, 5) is 4.16. The Bertz CT molecular complexity index is 300. The third-order valence-electron chi connectivity index (χ3n) is 2.82. The zero-order valence-electron chi connectivity index (χ0n) is 9.89. The number of hydrogen-bond acceptors (Lipinski definition) is 4. The smallest absolute Gasteiger partial charge is 0.212 e. The van der Waals surface area contributed by atoms with Crippen molar-refractivity contribution in [3.8, 4) is 5.88 Å². The fraction of sp³-hybridized carbons (Fsp3) is 0.583. The van der Waals surface area contributed by atoms with Crippen molar-refractivity contribution in [2.75, 3.05) is 13.7 Å². The van der Waals surface area contributed by atoms with Crippen LogP contribution in [0.5, 0.6) is 5.88 Å². The molecule has 2 atom stereocenters. The van der Waals surface area contributed by atoms with Crippen molar-refractivity contribution in [3.05, 3.63) is 23.9 Å². The lowest BCUT2D eigenvalue weighted by molar-refractivity contribution is 0.266. The van der Waals surface area contributed by atoms with E-state index in [0.29, 0.717) is 12.3 Å². The summed E-state index contributed by atoms with van der Waals surface area (Å²) >= 11 is 0. The number of aromatic nitrogens is 1. The number of methoxy groups -OCH3 is 1. The van der Waals surface area contributed by atoms with Crippen LogP contribution in [0.25, 0.3) is 0 Å². The highest BCUT2D eigenvalue weighted by atomic mass is 16.5. The quantitative estimate of drug-likeness (QED) is 0.764. The molecule has 0 bridgehead atoms. The minimum atomic E-state index is 0.0577. The Morgan fingerprint density at radius 3 is 2.69 bits per heavy atom. The third-order valence-corrected chi connectivity index (χ3v) is 2.82. The van der Waals surface area contributed by atoms with Crippen LogP contribution in [0.4, 0.5) is 0 Å². The minimum Gasteiger partial charge on any atom is -0.481 e. The van der Waals surface area contributed by atoms with Crippen molar-refractivity contribution in [1.82, 2.24) is 4.98 Å². The Hall–Kier alpha value is -1.13. The van der Waals surface area contributed by atoms with E-state index in [0.717, 1.165) is 12.0 Å². The highest BCUT2D eigenvalue weighted by Gasteiger charge is 2.18. The van der Waals surface area contributed by atoms with Crippen molar-refractivity contribution in [1.29, 1.82) is 0 Å². The fourth-order valence-corrected chi connectivity index (χ4v) is 1.78. The summed E-state index contributed by atoms with van der Waals surface area (Å²) < 4.78 is 5.00. The summed E-state index contributed by atoms with van der Waals surface area (Å²) in [6.07, 6.45) is 3.33. The van der Waals surface area contributed by atoms with Gasteiger partial charge in [0.1, 0.15) is 0 Å². The van der Waals surface area contributed by atoms with Crippen molar-refractivity contribution >= 4 is 0 Å². The van der Waals surface area contributed by atoms with Gasteiger partial charge in [0.15, 0.2) is 0 Å². The number of rotatable bonds is 6. The largest absolute Gasteiger partial charge is 0.481 e. The second-order valence-corrected chi connectivity index (χ2v) is 3.82. The molecule has 2 unspecified atom stereocenters. The van der Waals surface area contributed by atoms with Gasteiger partial charge in [-0.2, -0.15) is 0 Å². The van der Waals surface area contributed by atoms with Gasteiger partial charge < -0.3 is 15.6 Å². The van der Waals surface area contributed by atoms with Gasteiger partial charge in [-0.15, -0.1) is 0 Å². The molecule has 0 amide bonds. The molecule has 1 heterocycles. The number of hydrogen-bond donors (Lipinski definition) is 2. The van der Waals surface area contributed by atoms with Gasteiger partial charge in [-0.1, -0.05) is 13.0 Å². The van der Waals surface area contributed by atoms with Crippen molar-refractivity contribution in [2.45, 2.75) is 31.7 Å². The maximum absolute atomic E-state index is 9.04. The topological polar surface area (TPSA) is 68.4 Å². The zero-order chi connectivity index (χ0) is 12.0. The third kappa shape index (κ3) is 3.18. The van der Waals surface area contributed by atoms with Crippen LogP contribution in [0.15, 0.2) is 18.3 Å². The van der Waals surface area contributed by atoms with Crippen molar-refractivity contribution < 1.29 is 9.84 Å². The summed E-state index contributed by atoms with van der Waals surface area (Å²) in [6, 6.07) is 3.84. The number of ether oxygens (including phenoxy) is 1. The Labute approximate surface area is 96.5 Å². The first-order valence-electron chi connectivity index (χ1n) is 5.59. The summed E-state index contributed by atoms with van der Waals surface area (Å²) in [5, 5.41) is 9.04. The number of nitrogens with two attached hydrogens (primary N) is 1. The van der Waals surface area contributed by atoms with Crippen LogP contribution < -0.4 is 10.5 Å². The molecular weight excluding hydrogens is 204 g/mol. The predicted octanol–water partition coefficient (Wildman–Crippen LogP) is 1.29. The average Bonchev–Trinajstić information content (AvgIpc) is 2.35. The maximum Gasteiger partial charge on any atom is 0.212 e. The Kier molecular flexibility index (Phi) is 5.22. The van der Waals surface area contributed by atoms with Gasteiger partial charge in [0.05, 0.1) is 7.11 Å². The number of pyridine rings is 1. The molecular formula is C12H20N2O2. The molecule has 4 nitrogen and oxygen atoms in total. The molecule has 1 rings (SSSR count). The van der Waals surface area contributed by atoms with Gasteiger partial charge >= 0.3 is 0 Å². The van der Waals surface area contributed by atoms with Crippen LogP contribution >= 0.6 is 0 Å². The van der Waals surface area contributed by atoms with Crippen LogP contribution in [-0.4, -0.2) is 29.8 Å². The first kappa shape index (κ1) is 12.9. The summed E-state index contributed by atoms with van der Waals surface area (Å²) in [6.45, 7) is 2.19. The van der Waals surface area contributed by atoms with E-state index in [1.165, 1.54) is 0 Å². The Morgan fingerprint density at radius 2 is 2.25 bits per heavy atom. The molecule has 0 spiro atoms. The Morgan fingerprint density at radius 1 is 1.50 bits per heavy atom. The predicted molar refractivity (Wildman–Crippen MR) is 63.5 cm³/mol. The van der Waals surface area contributed by atoms with Crippen LogP contribution in [0, 0.1) is 0 Å². The summed E-state index contributed by atoms with van der Waals surface area (Å²) in [5.74, 6) is 0.755. The fourth-order valence-electron chi connectivity index (χ4n) is 1.78. The van der Waals surface area contributed by atoms with Crippen LogP contribution in [0.3, 0.4) is 0 Å². The van der Waals surface area contributed by atoms with Gasteiger partial charge in [-0.05, 0) is 18.4 Å². The molecule has 0 aliphatic heterocycles. The molecule has 3 N–H and O–H groups in total. The number of nitrogens with zero attached hydrogens (tertiary/aromatic N) is 1. The van der Waals surface area contributed by atoms with E-state index in [9.17, 15) is 0 Å². The lowest BCUT2D eigenvalue weighted by Gasteiger charge is -2.22. The van der Waals surface area contributed by atoms with E-state index < -0.39 is 0 Å². The molecule has 0 fully saturated rings. The molecule has 1 aromatic heterocycles. The van der Waals surface area contributed by atoms with Crippen LogP contribution in [0.1, 0.15) is 31.2 Å². The van der Waals surface area contributed by atoms with Crippen LogP contribution in [-0.2, 0) is 0 Å². The SMILES string of the molecule is CCC(N)C(CCO)c1ccc(OC)nc1. The first-order valence-corrected chi connectivity index (χ1v) is 5.59. The molecule has 16 heavy (non-hydrogen) atoms. The molecule has 90 valence electrons.